The van der Waals surface area contributed by atoms with Crippen molar-refractivity contribution in [2.45, 2.75) is 33.1 Å². The lowest BCUT2D eigenvalue weighted by Gasteiger charge is -2.29. The number of rotatable bonds is 4. The third-order valence-corrected chi connectivity index (χ3v) is 5.24. The Labute approximate surface area is 166 Å². The molecule has 4 rings (SSSR count). The summed E-state index contributed by atoms with van der Waals surface area (Å²) in [6.45, 7) is 6.31. The van der Waals surface area contributed by atoms with Crippen molar-refractivity contribution in [3.05, 3.63) is 53.1 Å². The normalized spacial score (nSPS) is 15.7. The number of carbonyl (C=O) groups excluding carboxylic acids is 1. The zero-order valence-corrected chi connectivity index (χ0v) is 16.5. The predicted molar refractivity (Wildman–Crippen MR) is 111 cm³/mol. The number of ether oxygens (including phenoxy) is 2. The van der Waals surface area contributed by atoms with E-state index < -0.39 is 0 Å². The van der Waals surface area contributed by atoms with Gasteiger partial charge in [0.15, 0.2) is 17.3 Å². The molecule has 5 nitrogen and oxygen atoms in total. The standard InChI is InChI=1S/C23H26N2O3/c1-16-6-7-17(2)19(13-16)25(23-5-3-4-10-24-23)15-20(26)18-8-9-21-22(14-18)28-12-11-27-21/h6-9,13-14H,3-5,10-12,15H2,1-2H3. The highest BCUT2D eigenvalue weighted by Crippen LogP contribution is 2.31. The van der Waals surface area contributed by atoms with E-state index in [1.165, 1.54) is 5.56 Å². The molecule has 0 spiro atoms. The molecule has 2 aliphatic rings. The average molecular weight is 378 g/mol. The first-order valence-electron chi connectivity index (χ1n) is 9.93. The number of hydrogen-bond donors (Lipinski definition) is 0. The molecule has 0 atom stereocenters. The largest absolute Gasteiger partial charge is 0.486 e. The number of aryl methyl sites for hydroxylation is 2. The highest BCUT2D eigenvalue weighted by molar-refractivity contribution is 6.07. The highest BCUT2D eigenvalue weighted by Gasteiger charge is 2.22. The van der Waals surface area contributed by atoms with Gasteiger partial charge in [-0.15, -0.1) is 0 Å². The number of anilines is 1. The Morgan fingerprint density at radius 3 is 2.64 bits per heavy atom. The zero-order chi connectivity index (χ0) is 19.5. The fraction of sp³-hybridized carbons (Fsp3) is 0.391. The van der Waals surface area contributed by atoms with E-state index in [0.717, 1.165) is 42.9 Å². The maximum atomic E-state index is 13.2. The first-order valence-corrected chi connectivity index (χ1v) is 9.93. The molecule has 0 saturated carbocycles. The number of ketones is 1. The van der Waals surface area contributed by atoms with Gasteiger partial charge in [-0.3, -0.25) is 9.79 Å². The average Bonchev–Trinajstić information content (AvgIpc) is 2.74. The molecule has 28 heavy (non-hydrogen) atoms. The van der Waals surface area contributed by atoms with Crippen molar-refractivity contribution in [1.82, 2.24) is 0 Å². The molecule has 5 heteroatoms. The molecule has 2 aromatic rings. The van der Waals surface area contributed by atoms with Crippen LogP contribution < -0.4 is 14.4 Å². The molecule has 0 radical (unpaired) electrons. The lowest BCUT2D eigenvalue weighted by atomic mass is 10.0. The molecule has 0 unspecified atom stereocenters. The van der Waals surface area contributed by atoms with Crippen LogP contribution in [-0.4, -0.2) is 37.9 Å². The van der Waals surface area contributed by atoms with Crippen molar-refractivity contribution in [2.24, 2.45) is 4.99 Å². The van der Waals surface area contributed by atoms with Gasteiger partial charge in [0.2, 0.25) is 0 Å². The molecule has 0 N–H and O–H groups in total. The van der Waals surface area contributed by atoms with E-state index >= 15 is 0 Å². The van der Waals surface area contributed by atoms with E-state index in [0.29, 0.717) is 30.3 Å². The van der Waals surface area contributed by atoms with E-state index in [1.807, 2.05) is 12.1 Å². The van der Waals surface area contributed by atoms with E-state index in [1.54, 1.807) is 6.07 Å². The second-order valence-electron chi connectivity index (χ2n) is 7.41. The summed E-state index contributed by atoms with van der Waals surface area (Å²) in [7, 11) is 0. The molecular weight excluding hydrogens is 352 g/mol. The molecule has 2 aliphatic heterocycles. The number of amidine groups is 1. The summed E-state index contributed by atoms with van der Waals surface area (Å²) < 4.78 is 11.2. The monoisotopic (exact) mass is 378 g/mol. The molecule has 0 fully saturated rings. The minimum Gasteiger partial charge on any atom is -0.486 e. The first-order chi connectivity index (χ1) is 13.6. The molecule has 2 heterocycles. The number of nitrogens with zero attached hydrogens (tertiary/aromatic N) is 2. The summed E-state index contributed by atoms with van der Waals surface area (Å²) in [6.07, 6.45) is 3.13. The third kappa shape index (κ3) is 3.88. The van der Waals surface area contributed by atoms with Crippen molar-refractivity contribution < 1.29 is 14.3 Å². The van der Waals surface area contributed by atoms with Crippen LogP contribution in [0.1, 0.15) is 40.7 Å². The van der Waals surface area contributed by atoms with Gasteiger partial charge >= 0.3 is 0 Å². The Morgan fingerprint density at radius 1 is 1.04 bits per heavy atom. The molecule has 146 valence electrons. The second kappa shape index (κ2) is 8.05. The van der Waals surface area contributed by atoms with Gasteiger partial charge in [0, 0.05) is 24.2 Å². The van der Waals surface area contributed by atoms with E-state index in [4.69, 9.17) is 14.5 Å². The van der Waals surface area contributed by atoms with Crippen LogP contribution in [0.2, 0.25) is 0 Å². The van der Waals surface area contributed by atoms with Crippen LogP contribution in [0.5, 0.6) is 11.5 Å². The Hall–Kier alpha value is -2.82. The topological polar surface area (TPSA) is 51.1 Å². The van der Waals surface area contributed by atoms with Crippen molar-refractivity contribution in [3.63, 3.8) is 0 Å². The van der Waals surface area contributed by atoms with Crippen molar-refractivity contribution >= 4 is 17.3 Å². The number of carbonyl (C=O) groups is 1. The Morgan fingerprint density at radius 2 is 1.86 bits per heavy atom. The Kier molecular flexibility index (Phi) is 5.33. The van der Waals surface area contributed by atoms with Gasteiger partial charge < -0.3 is 14.4 Å². The van der Waals surface area contributed by atoms with Gasteiger partial charge in [-0.2, -0.15) is 0 Å². The molecule has 0 amide bonds. The first kappa shape index (κ1) is 18.5. The quantitative estimate of drug-likeness (QED) is 0.743. The molecule has 0 bridgehead atoms. The van der Waals surface area contributed by atoms with Crippen LogP contribution in [0.25, 0.3) is 0 Å². The summed E-state index contributed by atoms with van der Waals surface area (Å²) in [5, 5.41) is 0. The van der Waals surface area contributed by atoms with Crippen LogP contribution in [0.3, 0.4) is 0 Å². The van der Waals surface area contributed by atoms with Crippen LogP contribution in [0.4, 0.5) is 5.69 Å². The number of Topliss-reactive ketones (excluding diaryl/α,β-unsaturated/α-hetero) is 1. The van der Waals surface area contributed by atoms with E-state index in [9.17, 15) is 4.79 Å². The van der Waals surface area contributed by atoms with Gasteiger partial charge in [-0.1, -0.05) is 12.1 Å². The number of aliphatic imine (C=N–C) groups is 1. The van der Waals surface area contributed by atoms with Crippen LogP contribution in [0, 0.1) is 13.8 Å². The van der Waals surface area contributed by atoms with Gasteiger partial charge in [0.05, 0.1) is 6.54 Å². The smallest absolute Gasteiger partial charge is 0.182 e. The molecule has 0 aromatic heterocycles. The van der Waals surface area contributed by atoms with Gasteiger partial charge in [0.1, 0.15) is 19.0 Å². The summed E-state index contributed by atoms with van der Waals surface area (Å²) in [5.41, 5.74) is 4.02. The second-order valence-corrected chi connectivity index (χ2v) is 7.41. The predicted octanol–water partition coefficient (Wildman–Crippen LogP) is 4.35. The summed E-state index contributed by atoms with van der Waals surface area (Å²) in [5.74, 6) is 2.40. The molecule has 0 aliphatic carbocycles. The molecule has 0 saturated heterocycles. The fourth-order valence-electron chi connectivity index (χ4n) is 3.68. The summed E-state index contributed by atoms with van der Waals surface area (Å²) >= 11 is 0. The van der Waals surface area contributed by atoms with Crippen molar-refractivity contribution in [2.75, 3.05) is 31.2 Å². The van der Waals surface area contributed by atoms with Gasteiger partial charge in [0.25, 0.3) is 0 Å². The SMILES string of the molecule is Cc1ccc(C)c(N(CC(=O)c2ccc3c(c2)OCCO3)C2=NCCCC2)c1. The third-order valence-electron chi connectivity index (χ3n) is 5.24. The van der Waals surface area contributed by atoms with Gasteiger partial charge in [-0.25, -0.2) is 0 Å². The Bertz CT molecular complexity index is 920. The lowest BCUT2D eigenvalue weighted by Crippen LogP contribution is -2.37. The highest BCUT2D eigenvalue weighted by atomic mass is 16.6. The summed E-state index contributed by atoms with van der Waals surface area (Å²) in [6, 6.07) is 11.8. The van der Waals surface area contributed by atoms with Crippen molar-refractivity contribution in [1.29, 1.82) is 0 Å². The van der Waals surface area contributed by atoms with E-state index in [-0.39, 0.29) is 12.3 Å². The number of fused-ring (bicyclic) bond motifs is 1. The van der Waals surface area contributed by atoms with Crippen LogP contribution >= 0.6 is 0 Å². The molecular formula is C23H26N2O3. The fourth-order valence-corrected chi connectivity index (χ4v) is 3.68. The van der Waals surface area contributed by atoms with Crippen LogP contribution in [0.15, 0.2) is 41.4 Å². The van der Waals surface area contributed by atoms with Crippen molar-refractivity contribution in [3.8, 4) is 11.5 Å². The van der Waals surface area contributed by atoms with Gasteiger partial charge in [-0.05, 0) is 62.1 Å². The minimum absolute atomic E-state index is 0.0474. The zero-order valence-electron chi connectivity index (χ0n) is 16.5. The maximum Gasteiger partial charge on any atom is 0.182 e. The van der Waals surface area contributed by atoms with E-state index in [2.05, 4.69) is 36.9 Å². The number of hydrogen-bond acceptors (Lipinski definition) is 5. The number of benzene rings is 2. The summed E-state index contributed by atoms with van der Waals surface area (Å²) in [4.78, 5) is 20.0. The minimum atomic E-state index is 0.0474. The molecule has 2 aromatic carbocycles. The Balaban J connectivity index is 1.64. The lowest BCUT2D eigenvalue weighted by molar-refractivity contribution is 0.100. The van der Waals surface area contributed by atoms with Crippen LogP contribution in [-0.2, 0) is 0 Å². The maximum absolute atomic E-state index is 13.2.